The molecule has 4 aromatic rings. The Bertz CT molecular complexity index is 1190. The fourth-order valence-electron chi connectivity index (χ4n) is 4.05. The molecule has 162 valence electrons. The van der Waals surface area contributed by atoms with E-state index < -0.39 is 0 Å². The summed E-state index contributed by atoms with van der Waals surface area (Å²) in [7, 11) is 0. The molecule has 1 aliphatic heterocycles. The zero-order chi connectivity index (χ0) is 21.9. The van der Waals surface area contributed by atoms with Gasteiger partial charge in [0.2, 0.25) is 5.91 Å². The average Bonchev–Trinajstić information content (AvgIpc) is 3.50. The second kappa shape index (κ2) is 8.96. The number of anilines is 2. The fraction of sp³-hybridized carbons (Fsp3) is 0.240. The molecule has 1 amide bonds. The Balaban J connectivity index is 1.28. The second-order valence-corrected chi connectivity index (χ2v) is 8.68. The van der Waals surface area contributed by atoms with Crippen LogP contribution in [0.5, 0.6) is 0 Å². The van der Waals surface area contributed by atoms with Crippen molar-refractivity contribution in [3.63, 3.8) is 0 Å². The van der Waals surface area contributed by atoms with Crippen LogP contribution in [0, 0.1) is 5.92 Å². The molecule has 32 heavy (non-hydrogen) atoms. The highest BCUT2D eigenvalue weighted by molar-refractivity contribution is 7.14. The van der Waals surface area contributed by atoms with E-state index >= 15 is 0 Å². The first-order chi connectivity index (χ1) is 15.7. The molecule has 5 rings (SSSR count). The van der Waals surface area contributed by atoms with Crippen LogP contribution >= 0.6 is 11.3 Å². The van der Waals surface area contributed by atoms with Gasteiger partial charge in [-0.15, -0.1) is 17.9 Å². The molecule has 7 heteroatoms. The predicted molar refractivity (Wildman–Crippen MR) is 129 cm³/mol. The van der Waals surface area contributed by atoms with Crippen molar-refractivity contribution in [3.05, 3.63) is 72.6 Å². The molecule has 3 heterocycles. The van der Waals surface area contributed by atoms with Gasteiger partial charge in [0.15, 0.2) is 10.7 Å². The highest BCUT2D eigenvalue weighted by Crippen LogP contribution is 2.31. The number of oxazole rings is 1. The first-order valence-corrected chi connectivity index (χ1v) is 11.6. The number of piperidine rings is 1. The lowest BCUT2D eigenvalue weighted by atomic mass is 9.95. The van der Waals surface area contributed by atoms with E-state index in [9.17, 15) is 4.79 Å². The Morgan fingerprint density at radius 1 is 1.12 bits per heavy atom. The number of benzene rings is 2. The minimum absolute atomic E-state index is 0.0559. The summed E-state index contributed by atoms with van der Waals surface area (Å²) in [6, 6.07) is 18.4. The largest absolute Gasteiger partial charge is 0.423 e. The number of para-hydroxylation sites is 2. The molecular weight excluding hydrogens is 420 g/mol. The summed E-state index contributed by atoms with van der Waals surface area (Å²) in [5.41, 5.74) is 3.58. The molecule has 0 atom stereocenters. The van der Waals surface area contributed by atoms with E-state index in [2.05, 4.69) is 16.5 Å². The Labute approximate surface area is 190 Å². The zero-order valence-corrected chi connectivity index (χ0v) is 18.5. The molecule has 0 bridgehead atoms. The van der Waals surface area contributed by atoms with Crippen LogP contribution in [0.2, 0.25) is 0 Å². The van der Waals surface area contributed by atoms with Crippen molar-refractivity contribution in [2.75, 3.05) is 29.4 Å². The van der Waals surface area contributed by atoms with Gasteiger partial charge in [-0.3, -0.25) is 9.69 Å². The van der Waals surface area contributed by atoms with Gasteiger partial charge in [0.1, 0.15) is 5.52 Å². The van der Waals surface area contributed by atoms with Gasteiger partial charge in [0, 0.05) is 36.5 Å². The van der Waals surface area contributed by atoms with Crippen LogP contribution in [0.25, 0.3) is 22.4 Å². The summed E-state index contributed by atoms with van der Waals surface area (Å²) in [4.78, 5) is 26.6. The first kappa shape index (κ1) is 20.5. The van der Waals surface area contributed by atoms with Crippen molar-refractivity contribution < 1.29 is 9.21 Å². The number of carbonyl (C=O) groups excluding carboxylic acids is 1. The van der Waals surface area contributed by atoms with Gasteiger partial charge in [-0.2, -0.15) is 4.98 Å². The second-order valence-electron chi connectivity index (χ2n) is 7.84. The van der Waals surface area contributed by atoms with Crippen molar-refractivity contribution >= 4 is 39.5 Å². The number of aromatic nitrogens is 2. The van der Waals surface area contributed by atoms with Crippen molar-refractivity contribution in [1.82, 2.24) is 9.97 Å². The highest BCUT2D eigenvalue weighted by Gasteiger charge is 2.31. The van der Waals surface area contributed by atoms with Gasteiger partial charge in [0.05, 0.1) is 5.69 Å². The number of thiazole rings is 1. The molecule has 0 unspecified atom stereocenters. The summed E-state index contributed by atoms with van der Waals surface area (Å²) >= 11 is 1.50. The molecule has 1 aliphatic rings. The van der Waals surface area contributed by atoms with E-state index in [1.165, 1.54) is 11.3 Å². The summed E-state index contributed by atoms with van der Waals surface area (Å²) in [6.07, 6.45) is 3.26. The van der Waals surface area contributed by atoms with Gasteiger partial charge >= 0.3 is 0 Å². The van der Waals surface area contributed by atoms with Gasteiger partial charge < -0.3 is 9.32 Å². The molecule has 1 fully saturated rings. The molecule has 1 saturated heterocycles. The van der Waals surface area contributed by atoms with E-state index in [1.54, 1.807) is 11.0 Å². The molecule has 0 N–H and O–H groups in total. The minimum Gasteiger partial charge on any atom is -0.423 e. The Morgan fingerprint density at radius 3 is 2.62 bits per heavy atom. The van der Waals surface area contributed by atoms with Crippen molar-refractivity contribution in [1.29, 1.82) is 0 Å². The maximum absolute atomic E-state index is 13.4. The average molecular weight is 445 g/mol. The zero-order valence-electron chi connectivity index (χ0n) is 17.7. The third-order valence-corrected chi connectivity index (χ3v) is 6.63. The number of carbonyl (C=O) groups is 1. The summed E-state index contributed by atoms with van der Waals surface area (Å²) in [5, 5.41) is 2.72. The SMILES string of the molecule is C=CCN(C(=O)C1CCN(c2nc3ccccc3o2)CC1)c1nc(-c2ccccc2)cs1. The van der Waals surface area contributed by atoms with Gasteiger partial charge in [0.25, 0.3) is 6.01 Å². The third-order valence-electron chi connectivity index (χ3n) is 5.77. The van der Waals surface area contributed by atoms with Crippen LogP contribution in [-0.4, -0.2) is 35.5 Å². The standard InChI is InChI=1S/C25H24N4O2S/c1-2-14-29(25-27-21(17-32-25)18-8-4-3-5-9-18)23(30)19-12-15-28(16-13-19)24-26-20-10-6-7-11-22(20)31-24/h2-11,17,19H,1,12-16H2. The third kappa shape index (κ3) is 4.03. The maximum Gasteiger partial charge on any atom is 0.298 e. The van der Waals surface area contributed by atoms with Crippen LogP contribution in [0.15, 0.2) is 77.0 Å². The topological polar surface area (TPSA) is 62.5 Å². The summed E-state index contributed by atoms with van der Waals surface area (Å²) < 4.78 is 5.90. The van der Waals surface area contributed by atoms with Gasteiger partial charge in [-0.25, -0.2) is 4.98 Å². The molecule has 2 aromatic carbocycles. The Morgan fingerprint density at radius 2 is 1.88 bits per heavy atom. The van der Waals surface area contributed by atoms with Crippen LogP contribution in [0.3, 0.4) is 0 Å². The van der Waals surface area contributed by atoms with E-state index in [-0.39, 0.29) is 11.8 Å². The number of nitrogens with zero attached hydrogens (tertiary/aromatic N) is 4. The lowest BCUT2D eigenvalue weighted by Gasteiger charge is -2.32. The summed E-state index contributed by atoms with van der Waals surface area (Å²) in [6.45, 7) is 5.76. The number of rotatable bonds is 6. The molecule has 0 saturated carbocycles. The van der Waals surface area contributed by atoms with Crippen molar-refractivity contribution in [2.24, 2.45) is 5.92 Å². The van der Waals surface area contributed by atoms with Gasteiger partial charge in [-0.1, -0.05) is 48.5 Å². The van der Waals surface area contributed by atoms with E-state index in [0.717, 1.165) is 53.4 Å². The Hall–Kier alpha value is -3.45. The molecule has 0 radical (unpaired) electrons. The molecule has 2 aromatic heterocycles. The quantitative estimate of drug-likeness (QED) is 0.373. The molecule has 0 spiro atoms. The smallest absolute Gasteiger partial charge is 0.298 e. The number of hydrogen-bond donors (Lipinski definition) is 0. The first-order valence-electron chi connectivity index (χ1n) is 10.8. The minimum atomic E-state index is -0.0559. The molecular formula is C25H24N4O2S. The monoisotopic (exact) mass is 444 g/mol. The van der Waals surface area contributed by atoms with E-state index in [0.29, 0.717) is 12.6 Å². The van der Waals surface area contributed by atoms with Gasteiger partial charge in [-0.05, 0) is 25.0 Å². The van der Waals surface area contributed by atoms with E-state index in [1.807, 2.05) is 60.0 Å². The molecule has 0 aliphatic carbocycles. The van der Waals surface area contributed by atoms with Crippen LogP contribution in [-0.2, 0) is 4.79 Å². The summed E-state index contributed by atoms with van der Waals surface area (Å²) in [5.74, 6) is 0.0516. The molecule has 6 nitrogen and oxygen atoms in total. The van der Waals surface area contributed by atoms with Crippen molar-refractivity contribution in [3.8, 4) is 11.3 Å². The number of hydrogen-bond acceptors (Lipinski definition) is 6. The van der Waals surface area contributed by atoms with Crippen LogP contribution < -0.4 is 9.80 Å². The predicted octanol–water partition coefficient (Wildman–Crippen LogP) is 5.39. The lowest BCUT2D eigenvalue weighted by Crippen LogP contribution is -2.43. The normalized spacial score (nSPS) is 14.6. The Kier molecular flexibility index (Phi) is 5.73. The lowest BCUT2D eigenvalue weighted by molar-refractivity contribution is -0.122. The number of fused-ring (bicyclic) bond motifs is 1. The van der Waals surface area contributed by atoms with Crippen molar-refractivity contribution in [2.45, 2.75) is 12.8 Å². The maximum atomic E-state index is 13.4. The fourth-order valence-corrected chi connectivity index (χ4v) is 4.90. The number of amides is 1. The van der Waals surface area contributed by atoms with Crippen LogP contribution in [0.1, 0.15) is 12.8 Å². The highest BCUT2D eigenvalue weighted by atomic mass is 32.1. The van der Waals surface area contributed by atoms with E-state index in [4.69, 9.17) is 9.40 Å². The van der Waals surface area contributed by atoms with Crippen LogP contribution in [0.4, 0.5) is 11.1 Å².